The summed E-state index contributed by atoms with van der Waals surface area (Å²) in [4.78, 5) is 15.4. The predicted molar refractivity (Wildman–Crippen MR) is 97.7 cm³/mol. The number of phenolic OH excluding ortho intramolecular Hbond substituents is 1. The molecule has 1 saturated heterocycles. The van der Waals surface area contributed by atoms with Crippen LogP contribution in [0.1, 0.15) is 56.6 Å². The Morgan fingerprint density at radius 3 is 2.88 bits per heavy atom. The van der Waals surface area contributed by atoms with Crippen LogP contribution in [0.3, 0.4) is 0 Å². The van der Waals surface area contributed by atoms with Crippen LogP contribution < -0.4 is 0 Å². The van der Waals surface area contributed by atoms with Crippen LogP contribution in [0.5, 0.6) is 5.75 Å². The number of fused-ring (bicyclic) bond motifs is 1. The van der Waals surface area contributed by atoms with Crippen LogP contribution in [-0.4, -0.2) is 34.9 Å². The molecule has 3 fully saturated rings. The molecule has 4 unspecified atom stereocenters. The summed E-state index contributed by atoms with van der Waals surface area (Å²) in [5.41, 5.74) is 2.66. The minimum absolute atomic E-state index is 0.0208. The molecule has 5 rings (SSSR count). The van der Waals surface area contributed by atoms with Gasteiger partial charge in [0, 0.05) is 30.8 Å². The molecule has 25 heavy (non-hydrogen) atoms. The van der Waals surface area contributed by atoms with Crippen LogP contribution in [0.25, 0.3) is 0 Å². The van der Waals surface area contributed by atoms with Gasteiger partial charge in [0.05, 0.1) is 0 Å². The van der Waals surface area contributed by atoms with Crippen LogP contribution >= 0.6 is 0 Å². The number of carbonyl (C=O) groups excluding carboxylic acids is 1. The number of Topliss-reactive ketones (excluding diaryl/α,β-unsaturated/α-hetero) is 1. The third-order valence-corrected chi connectivity index (χ3v) is 7.65. The zero-order valence-corrected chi connectivity index (χ0v) is 15.2. The van der Waals surface area contributed by atoms with Crippen LogP contribution in [-0.2, 0) is 16.6 Å². The van der Waals surface area contributed by atoms with Gasteiger partial charge in [0.25, 0.3) is 0 Å². The van der Waals surface area contributed by atoms with Gasteiger partial charge in [0.15, 0.2) is 0 Å². The highest BCUT2D eigenvalue weighted by Gasteiger charge is 2.58. The molecule has 134 valence electrons. The SMILES string of the molecule is CCC1CC(=O)CC23CCN(CC4CC4)C(Cc4ccc(O)cc42)C13. The molecule has 3 nitrogen and oxygen atoms in total. The van der Waals surface area contributed by atoms with E-state index in [2.05, 4.69) is 17.9 Å². The molecule has 2 saturated carbocycles. The molecule has 1 N–H and O–H groups in total. The molecule has 3 aliphatic carbocycles. The number of carbonyl (C=O) groups is 1. The number of ketones is 1. The summed E-state index contributed by atoms with van der Waals surface area (Å²) in [5, 5.41) is 10.1. The van der Waals surface area contributed by atoms with Gasteiger partial charge in [-0.05, 0) is 73.2 Å². The number of phenols is 1. The summed E-state index contributed by atoms with van der Waals surface area (Å²) < 4.78 is 0. The number of hydrogen-bond donors (Lipinski definition) is 1. The largest absolute Gasteiger partial charge is 0.508 e. The van der Waals surface area contributed by atoms with Gasteiger partial charge in [-0.3, -0.25) is 9.69 Å². The van der Waals surface area contributed by atoms with E-state index in [4.69, 9.17) is 0 Å². The van der Waals surface area contributed by atoms with E-state index in [1.165, 1.54) is 30.5 Å². The van der Waals surface area contributed by atoms with Gasteiger partial charge in [-0.15, -0.1) is 0 Å². The molecule has 1 aromatic carbocycles. The zero-order valence-electron chi connectivity index (χ0n) is 15.2. The zero-order chi connectivity index (χ0) is 17.2. The van der Waals surface area contributed by atoms with E-state index in [0.29, 0.717) is 35.8 Å². The quantitative estimate of drug-likeness (QED) is 0.913. The average Bonchev–Trinajstić information content (AvgIpc) is 3.41. The third-order valence-electron chi connectivity index (χ3n) is 7.65. The normalized spacial score (nSPS) is 37.5. The van der Waals surface area contributed by atoms with E-state index in [0.717, 1.165) is 38.1 Å². The smallest absolute Gasteiger partial charge is 0.134 e. The molecule has 4 aliphatic rings. The second kappa shape index (κ2) is 5.57. The second-order valence-electron chi connectivity index (χ2n) is 9.07. The summed E-state index contributed by atoms with van der Waals surface area (Å²) in [6.45, 7) is 4.64. The number of rotatable bonds is 3. The Labute approximate surface area is 150 Å². The number of benzene rings is 1. The van der Waals surface area contributed by atoms with Gasteiger partial charge >= 0.3 is 0 Å². The fourth-order valence-corrected chi connectivity index (χ4v) is 6.44. The van der Waals surface area contributed by atoms with Crippen LogP contribution in [0, 0.1) is 17.8 Å². The van der Waals surface area contributed by atoms with E-state index in [9.17, 15) is 9.90 Å². The van der Waals surface area contributed by atoms with Gasteiger partial charge < -0.3 is 5.11 Å². The molecule has 1 aromatic rings. The van der Waals surface area contributed by atoms with Crippen molar-refractivity contribution in [3.05, 3.63) is 29.3 Å². The topological polar surface area (TPSA) is 40.5 Å². The summed E-state index contributed by atoms with van der Waals surface area (Å²) in [7, 11) is 0. The van der Waals surface area contributed by atoms with Gasteiger partial charge in [-0.1, -0.05) is 19.4 Å². The first-order valence-electron chi connectivity index (χ1n) is 10.2. The van der Waals surface area contributed by atoms with Crippen molar-refractivity contribution in [2.75, 3.05) is 13.1 Å². The number of likely N-dealkylation sites (tertiary alicyclic amines) is 1. The maximum atomic E-state index is 12.7. The summed E-state index contributed by atoms with van der Waals surface area (Å²) >= 11 is 0. The van der Waals surface area contributed by atoms with Gasteiger partial charge in [0.1, 0.15) is 11.5 Å². The average molecular weight is 339 g/mol. The van der Waals surface area contributed by atoms with Gasteiger partial charge in [-0.2, -0.15) is 0 Å². The summed E-state index contributed by atoms with van der Waals surface area (Å²) in [6.07, 6.45) is 7.54. The Bertz CT molecular complexity index is 710. The van der Waals surface area contributed by atoms with Crippen molar-refractivity contribution in [1.82, 2.24) is 4.90 Å². The predicted octanol–water partition coefficient (Wildman–Crippen LogP) is 3.68. The second-order valence-corrected chi connectivity index (χ2v) is 9.07. The summed E-state index contributed by atoms with van der Waals surface area (Å²) in [6, 6.07) is 6.53. The van der Waals surface area contributed by atoms with Crippen molar-refractivity contribution >= 4 is 5.78 Å². The first kappa shape index (κ1) is 15.9. The van der Waals surface area contributed by atoms with Crippen LogP contribution in [0.4, 0.5) is 0 Å². The van der Waals surface area contributed by atoms with E-state index < -0.39 is 0 Å². The monoisotopic (exact) mass is 339 g/mol. The minimum Gasteiger partial charge on any atom is -0.508 e. The molecule has 1 heterocycles. The van der Waals surface area contributed by atoms with Crippen molar-refractivity contribution in [1.29, 1.82) is 0 Å². The number of aromatic hydroxyl groups is 1. The van der Waals surface area contributed by atoms with Crippen molar-refractivity contribution < 1.29 is 9.90 Å². The van der Waals surface area contributed by atoms with Gasteiger partial charge in [0.2, 0.25) is 0 Å². The van der Waals surface area contributed by atoms with E-state index in [1.807, 2.05) is 12.1 Å². The molecule has 1 aliphatic heterocycles. The Hall–Kier alpha value is -1.35. The molecule has 0 aromatic heterocycles. The molecule has 0 radical (unpaired) electrons. The Morgan fingerprint density at radius 1 is 1.28 bits per heavy atom. The number of piperidine rings is 1. The van der Waals surface area contributed by atoms with E-state index in [1.54, 1.807) is 0 Å². The van der Waals surface area contributed by atoms with E-state index in [-0.39, 0.29) is 5.41 Å². The molecule has 4 atom stereocenters. The highest BCUT2D eigenvalue weighted by atomic mass is 16.3. The van der Waals surface area contributed by atoms with Crippen LogP contribution in [0.2, 0.25) is 0 Å². The Morgan fingerprint density at radius 2 is 2.12 bits per heavy atom. The number of nitrogens with zero attached hydrogens (tertiary/aromatic N) is 1. The first-order chi connectivity index (χ1) is 12.1. The van der Waals surface area contributed by atoms with E-state index >= 15 is 0 Å². The van der Waals surface area contributed by atoms with Crippen LogP contribution in [0.15, 0.2) is 18.2 Å². The lowest BCUT2D eigenvalue weighted by molar-refractivity contribution is -0.132. The number of hydrogen-bond acceptors (Lipinski definition) is 3. The van der Waals surface area contributed by atoms with Crippen molar-refractivity contribution in [3.63, 3.8) is 0 Å². The van der Waals surface area contributed by atoms with Crippen molar-refractivity contribution in [2.24, 2.45) is 17.8 Å². The molecular weight excluding hydrogens is 310 g/mol. The minimum atomic E-state index is -0.0208. The maximum absolute atomic E-state index is 12.7. The summed E-state index contributed by atoms with van der Waals surface area (Å²) in [5.74, 6) is 2.80. The third kappa shape index (κ3) is 2.38. The lowest BCUT2D eigenvalue weighted by Gasteiger charge is -2.61. The highest BCUT2D eigenvalue weighted by Crippen LogP contribution is 2.58. The van der Waals surface area contributed by atoms with Crippen molar-refractivity contribution in [2.45, 2.75) is 63.3 Å². The Kier molecular flexibility index (Phi) is 3.54. The Balaban J connectivity index is 1.63. The molecular formula is C22H29NO2. The molecule has 3 heteroatoms. The molecule has 0 amide bonds. The molecule has 0 spiro atoms. The maximum Gasteiger partial charge on any atom is 0.134 e. The van der Waals surface area contributed by atoms with Crippen molar-refractivity contribution in [3.8, 4) is 5.75 Å². The standard InChI is InChI=1S/C22H29NO2/c1-2-15-9-18(25)12-22-7-8-23(13-14-3-4-14)20(21(15)22)10-16-5-6-17(24)11-19(16)22/h5-6,11,14-15,20-21,24H,2-4,7-10,12-13H2,1H3. The fourth-order valence-electron chi connectivity index (χ4n) is 6.44. The first-order valence-corrected chi connectivity index (χ1v) is 10.2. The lowest BCUT2D eigenvalue weighted by atomic mass is 9.49. The fraction of sp³-hybridized carbons (Fsp3) is 0.682. The lowest BCUT2D eigenvalue weighted by Crippen LogP contribution is -2.64. The van der Waals surface area contributed by atoms with Gasteiger partial charge in [-0.25, -0.2) is 0 Å². The highest BCUT2D eigenvalue weighted by molar-refractivity contribution is 5.82. The molecule has 2 bridgehead atoms.